The van der Waals surface area contributed by atoms with Gasteiger partial charge in [-0.15, -0.1) is 0 Å². The summed E-state index contributed by atoms with van der Waals surface area (Å²) in [4.78, 5) is 2.26. The van der Waals surface area contributed by atoms with Crippen molar-refractivity contribution in [1.82, 2.24) is 4.90 Å². The molecule has 0 atom stereocenters. The molecule has 1 rings (SSSR count). The summed E-state index contributed by atoms with van der Waals surface area (Å²) in [6, 6.07) is 2.20. The molecule has 1 saturated carbocycles. The molecule has 0 aromatic heterocycles. The summed E-state index contributed by atoms with van der Waals surface area (Å²) in [6.45, 7) is 6.88. The molecule has 3 heteroatoms. The average Bonchev–Trinajstić information content (AvgIpc) is 2.25. The van der Waals surface area contributed by atoms with Crippen molar-refractivity contribution in [3.05, 3.63) is 0 Å². The fourth-order valence-corrected chi connectivity index (χ4v) is 2.74. The van der Waals surface area contributed by atoms with E-state index in [0.29, 0.717) is 12.3 Å². The van der Waals surface area contributed by atoms with Gasteiger partial charge in [0.25, 0.3) is 0 Å². The highest BCUT2D eigenvalue weighted by Gasteiger charge is 2.31. The Morgan fingerprint density at radius 3 is 2.47 bits per heavy atom. The Bertz CT molecular complexity index is 251. The van der Waals surface area contributed by atoms with Crippen LogP contribution in [0.5, 0.6) is 0 Å². The fourth-order valence-electron chi connectivity index (χ4n) is 2.74. The smallest absolute Gasteiger partial charge is 0.0774 e. The maximum atomic E-state index is 10.5. The van der Waals surface area contributed by atoms with Crippen molar-refractivity contribution >= 4 is 0 Å². The predicted molar refractivity (Wildman–Crippen MR) is 69.5 cm³/mol. The van der Waals surface area contributed by atoms with Crippen LogP contribution in [0.4, 0.5) is 0 Å². The molecule has 17 heavy (non-hydrogen) atoms. The van der Waals surface area contributed by atoms with E-state index in [1.807, 2.05) is 0 Å². The van der Waals surface area contributed by atoms with Crippen LogP contribution in [0.25, 0.3) is 0 Å². The van der Waals surface area contributed by atoms with E-state index in [2.05, 4.69) is 24.8 Å². The van der Waals surface area contributed by atoms with Crippen LogP contribution in [0.2, 0.25) is 0 Å². The molecular weight excluding hydrogens is 212 g/mol. The van der Waals surface area contributed by atoms with Gasteiger partial charge >= 0.3 is 0 Å². The van der Waals surface area contributed by atoms with Gasteiger partial charge in [0.1, 0.15) is 0 Å². The molecule has 0 aromatic carbocycles. The quantitative estimate of drug-likeness (QED) is 0.773. The molecule has 0 bridgehead atoms. The zero-order valence-electron chi connectivity index (χ0n) is 11.3. The summed E-state index contributed by atoms with van der Waals surface area (Å²) < 4.78 is 0. The molecule has 0 heterocycles. The molecule has 0 radical (unpaired) electrons. The van der Waals surface area contributed by atoms with E-state index >= 15 is 0 Å². The first-order chi connectivity index (χ1) is 8.06. The maximum absolute atomic E-state index is 10.5. The zero-order chi connectivity index (χ0) is 12.7. The summed E-state index contributed by atoms with van der Waals surface area (Å²) >= 11 is 0. The van der Waals surface area contributed by atoms with Crippen LogP contribution in [0.15, 0.2) is 0 Å². The van der Waals surface area contributed by atoms with Crippen LogP contribution < -0.4 is 0 Å². The van der Waals surface area contributed by atoms with E-state index in [4.69, 9.17) is 5.26 Å². The lowest BCUT2D eigenvalue weighted by Gasteiger charge is -2.37. The lowest BCUT2D eigenvalue weighted by molar-refractivity contribution is -0.0279. The SMILES string of the molecule is CC(C)CN(CCC#N)CC1(O)CCCCC1. The first-order valence-electron chi connectivity index (χ1n) is 6.87. The molecule has 1 aliphatic rings. The van der Waals surface area contributed by atoms with Crippen LogP contribution in [-0.2, 0) is 0 Å². The van der Waals surface area contributed by atoms with Gasteiger partial charge < -0.3 is 5.11 Å². The molecule has 3 nitrogen and oxygen atoms in total. The number of hydrogen-bond donors (Lipinski definition) is 1. The molecule has 0 amide bonds. The average molecular weight is 238 g/mol. The Kier molecular flexibility index (Phi) is 5.94. The van der Waals surface area contributed by atoms with E-state index in [9.17, 15) is 5.11 Å². The molecule has 0 aliphatic heterocycles. The highest BCUT2D eigenvalue weighted by molar-refractivity contribution is 4.86. The first kappa shape index (κ1) is 14.5. The third-order valence-corrected chi connectivity index (χ3v) is 3.47. The van der Waals surface area contributed by atoms with E-state index in [1.54, 1.807) is 0 Å². The highest BCUT2D eigenvalue weighted by Crippen LogP contribution is 2.29. The third-order valence-electron chi connectivity index (χ3n) is 3.47. The topological polar surface area (TPSA) is 47.3 Å². The first-order valence-corrected chi connectivity index (χ1v) is 6.87. The minimum atomic E-state index is -0.497. The van der Waals surface area contributed by atoms with Crippen molar-refractivity contribution in [3.63, 3.8) is 0 Å². The van der Waals surface area contributed by atoms with Crippen LogP contribution in [0.3, 0.4) is 0 Å². The van der Waals surface area contributed by atoms with Crippen LogP contribution in [0, 0.1) is 17.2 Å². The van der Waals surface area contributed by atoms with Crippen molar-refractivity contribution in [3.8, 4) is 6.07 Å². The number of rotatable bonds is 6. The number of nitriles is 1. The summed E-state index contributed by atoms with van der Waals surface area (Å²) in [7, 11) is 0. The van der Waals surface area contributed by atoms with Crippen molar-refractivity contribution in [1.29, 1.82) is 5.26 Å². The Balaban J connectivity index is 2.48. The van der Waals surface area contributed by atoms with Gasteiger partial charge in [0.15, 0.2) is 0 Å². The van der Waals surface area contributed by atoms with E-state index in [0.717, 1.165) is 45.3 Å². The fraction of sp³-hybridized carbons (Fsp3) is 0.929. The molecule has 1 N–H and O–H groups in total. The Morgan fingerprint density at radius 2 is 1.94 bits per heavy atom. The second-order valence-corrected chi connectivity index (χ2v) is 5.82. The van der Waals surface area contributed by atoms with Gasteiger partial charge in [-0.05, 0) is 18.8 Å². The molecule has 0 saturated heterocycles. The van der Waals surface area contributed by atoms with Gasteiger partial charge in [0.2, 0.25) is 0 Å². The van der Waals surface area contributed by atoms with Gasteiger partial charge in [0, 0.05) is 26.1 Å². The van der Waals surface area contributed by atoms with Crippen molar-refractivity contribution in [2.75, 3.05) is 19.6 Å². The third kappa shape index (κ3) is 5.52. The second-order valence-electron chi connectivity index (χ2n) is 5.82. The lowest BCUT2D eigenvalue weighted by Crippen LogP contribution is -2.45. The lowest BCUT2D eigenvalue weighted by atomic mass is 9.84. The Labute approximate surface area is 105 Å². The molecule has 0 aromatic rings. The summed E-state index contributed by atoms with van der Waals surface area (Å²) in [6.07, 6.45) is 5.95. The van der Waals surface area contributed by atoms with E-state index < -0.39 is 5.60 Å². The number of hydrogen-bond acceptors (Lipinski definition) is 3. The van der Waals surface area contributed by atoms with E-state index in [-0.39, 0.29) is 0 Å². The monoisotopic (exact) mass is 238 g/mol. The van der Waals surface area contributed by atoms with Gasteiger partial charge in [-0.3, -0.25) is 4.90 Å². The number of aliphatic hydroxyl groups is 1. The van der Waals surface area contributed by atoms with E-state index in [1.165, 1.54) is 6.42 Å². The van der Waals surface area contributed by atoms with Crippen molar-refractivity contribution in [2.45, 2.75) is 58.0 Å². The molecule has 1 aliphatic carbocycles. The zero-order valence-corrected chi connectivity index (χ0v) is 11.3. The summed E-state index contributed by atoms with van der Waals surface area (Å²) in [5.41, 5.74) is -0.497. The van der Waals surface area contributed by atoms with Gasteiger partial charge in [-0.1, -0.05) is 33.1 Å². The summed E-state index contributed by atoms with van der Waals surface area (Å²) in [5, 5.41) is 19.2. The minimum Gasteiger partial charge on any atom is -0.389 e. The van der Waals surface area contributed by atoms with Crippen LogP contribution in [0.1, 0.15) is 52.4 Å². The standard InChI is InChI=1S/C14H26N2O/c1-13(2)11-16(10-6-9-15)12-14(17)7-4-3-5-8-14/h13,17H,3-8,10-12H2,1-2H3. The van der Waals surface area contributed by atoms with Crippen LogP contribution >= 0.6 is 0 Å². The normalized spacial score (nSPS) is 19.5. The second kappa shape index (κ2) is 6.98. The van der Waals surface area contributed by atoms with Gasteiger partial charge in [-0.2, -0.15) is 5.26 Å². The Hall–Kier alpha value is -0.590. The number of nitrogens with zero attached hydrogens (tertiary/aromatic N) is 2. The molecule has 1 fully saturated rings. The maximum Gasteiger partial charge on any atom is 0.0774 e. The Morgan fingerprint density at radius 1 is 1.29 bits per heavy atom. The summed E-state index contributed by atoms with van der Waals surface area (Å²) in [5.74, 6) is 0.584. The minimum absolute atomic E-state index is 0.497. The van der Waals surface area contributed by atoms with Crippen molar-refractivity contribution < 1.29 is 5.11 Å². The van der Waals surface area contributed by atoms with Gasteiger partial charge in [0.05, 0.1) is 11.7 Å². The predicted octanol–water partition coefficient (Wildman–Crippen LogP) is 2.55. The molecule has 98 valence electrons. The van der Waals surface area contributed by atoms with Crippen molar-refractivity contribution in [2.24, 2.45) is 5.92 Å². The highest BCUT2D eigenvalue weighted by atomic mass is 16.3. The van der Waals surface area contributed by atoms with Crippen LogP contribution in [-0.4, -0.2) is 35.2 Å². The molecule has 0 spiro atoms. The molecular formula is C14H26N2O. The largest absolute Gasteiger partial charge is 0.389 e. The molecule has 0 unspecified atom stereocenters. The van der Waals surface area contributed by atoms with Gasteiger partial charge in [-0.25, -0.2) is 0 Å².